The molecule has 1 aliphatic heterocycles. The van der Waals surface area contributed by atoms with Gasteiger partial charge in [-0.2, -0.15) is 9.97 Å². The first-order valence-corrected chi connectivity index (χ1v) is 15.1. The van der Waals surface area contributed by atoms with E-state index in [1.165, 1.54) is 45.2 Å². The van der Waals surface area contributed by atoms with E-state index in [0.717, 1.165) is 87.6 Å². The molecule has 0 aromatic carbocycles. The van der Waals surface area contributed by atoms with Crippen LogP contribution in [0.5, 0.6) is 0 Å². The highest BCUT2D eigenvalue weighted by Gasteiger charge is 2.26. The number of hydrogen-bond acceptors (Lipinski definition) is 8. The van der Waals surface area contributed by atoms with Gasteiger partial charge in [-0.3, -0.25) is 0 Å². The number of piperidine rings is 1. The van der Waals surface area contributed by atoms with E-state index in [1.54, 1.807) is 0 Å². The van der Waals surface area contributed by atoms with Gasteiger partial charge in [-0.25, -0.2) is 4.98 Å². The summed E-state index contributed by atoms with van der Waals surface area (Å²) >= 11 is 0. The van der Waals surface area contributed by atoms with Gasteiger partial charge in [0.25, 0.3) is 0 Å². The number of nitrogens with zero attached hydrogens (tertiary/aromatic N) is 6. The molecule has 2 aromatic rings. The minimum absolute atomic E-state index is 0.338. The predicted molar refractivity (Wildman–Crippen MR) is 152 cm³/mol. The van der Waals surface area contributed by atoms with Crippen molar-refractivity contribution < 1.29 is 0 Å². The van der Waals surface area contributed by atoms with Crippen LogP contribution in [0.3, 0.4) is 0 Å². The van der Waals surface area contributed by atoms with Gasteiger partial charge in [0.05, 0.1) is 6.33 Å². The molecule has 3 heterocycles. The van der Waals surface area contributed by atoms with E-state index in [2.05, 4.69) is 38.8 Å². The van der Waals surface area contributed by atoms with Crippen molar-refractivity contribution in [2.24, 2.45) is 5.73 Å². The Morgan fingerprint density at radius 1 is 0.919 bits per heavy atom. The van der Waals surface area contributed by atoms with Crippen molar-refractivity contribution in [3.8, 4) is 0 Å². The van der Waals surface area contributed by atoms with Gasteiger partial charge >= 0.3 is 0 Å². The molecule has 5 rings (SSSR count). The molecule has 2 aliphatic carbocycles. The monoisotopic (exact) mass is 511 g/mol. The first-order chi connectivity index (χ1) is 18.1. The fourth-order valence-electron chi connectivity index (χ4n) is 6.53. The Labute approximate surface area is 223 Å². The average molecular weight is 512 g/mol. The van der Waals surface area contributed by atoms with Crippen molar-refractivity contribution in [1.29, 1.82) is 0 Å². The minimum atomic E-state index is 0.338. The van der Waals surface area contributed by atoms with Gasteiger partial charge < -0.3 is 30.7 Å². The molecule has 3 fully saturated rings. The zero-order chi connectivity index (χ0) is 25.6. The molecule has 0 amide bonds. The van der Waals surface area contributed by atoms with Crippen molar-refractivity contribution in [2.45, 2.75) is 109 Å². The summed E-state index contributed by atoms with van der Waals surface area (Å²) in [6, 6.07) is 1.67. The van der Waals surface area contributed by atoms with E-state index in [9.17, 15) is 0 Å². The molecular formula is C28H49N9. The normalized spacial score (nSPS) is 24.3. The highest BCUT2D eigenvalue weighted by Crippen LogP contribution is 2.34. The van der Waals surface area contributed by atoms with Crippen LogP contribution in [0.2, 0.25) is 0 Å². The number of aromatic nitrogens is 4. The lowest BCUT2D eigenvalue weighted by Gasteiger charge is -2.33. The van der Waals surface area contributed by atoms with Crippen LogP contribution in [0.25, 0.3) is 11.2 Å². The highest BCUT2D eigenvalue weighted by atomic mass is 15.2. The van der Waals surface area contributed by atoms with Crippen molar-refractivity contribution in [1.82, 2.24) is 29.3 Å². The lowest BCUT2D eigenvalue weighted by atomic mass is 9.92. The van der Waals surface area contributed by atoms with E-state index in [1.807, 2.05) is 6.33 Å². The molecule has 2 aromatic heterocycles. The maximum Gasteiger partial charge on any atom is 0.227 e. The molecule has 0 bridgehead atoms. The summed E-state index contributed by atoms with van der Waals surface area (Å²) < 4.78 is 2.32. The lowest BCUT2D eigenvalue weighted by Crippen LogP contribution is -2.40. The molecule has 4 N–H and O–H groups in total. The summed E-state index contributed by atoms with van der Waals surface area (Å²) in [5.41, 5.74) is 8.05. The largest absolute Gasteiger partial charge is 0.365 e. The summed E-state index contributed by atoms with van der Waals surface area (Å²) in [6.45, 7) is 11.5. The van der Waals surface area contributed by atoms with Gasteiger partial charge in [-0.1, -0.05) is 26.7 Å². The molecule has 9 nitrogen and oxygen atoms in total. The summed E-state index contributed by atoms with van der Waals surface area (Å²) in [7, 11) is 0. The maximum absolute atomic E-state index is 6.16. The van der Waals surface area contributed by atoms with Crippen LogP contribution in [0.1, 0.15) is 90.5 Å². The molecule has 0 radical (unpaired) electrons. The second-order valence-electron chi connectivity index (χ2n) is 11.6. The van der Waals surface area contributed by atoms with Gasteiger partial charge in [-0.15, -0.1) is 0 Å². The lowest BCUT2D eigenvalue weighted by molar-refractivity contribution is 0.200. The average Bonchev–Trinajstić information content (AvgIpc) is 3.59. The van der Waals surface area contributed by atoms with Gasteiger partial charge in [0.1, 0.15) is 0 Å². The zero-order valence-corrected chi connectivity index (χ0v) is 23.2. The van der Waals surface area contributed by atoms with E-state index < -0.39 is 0 Å². The Hall–Kier alpha value is -1.97. The first kappa shape index (κ1) is 26.6. The Kier molecular flexibility index (Phi) is 9.15. The van der Waals surface area contributed by atoms with E-state index in [4.69, 9.17) is 20.7 Å². The third-order valence-corrected chi connectivity index (χ3v) is 9.02. The number of imidazole rings is 1. The highest BCUT2D eigenvalue weighted by molar-refractivity contribution is 5.84. The topological polar surface area (TPSA) is 100 Å². The van der Waals surface area contributed by atoms with E-state index in [0.29, 0.717) is 24.2 Å². The molecule has 9 heteroatoms. The molecule has 2 saturated carbocycles. The smallest absolute Gasteiger partial charge is 0.227 e. The van der Waals surface area contributed by atoms with Gasteiger partial charge in [0.2, 0.25) is 5.95 Å². The molecular weight excluding hydrogens is 462 g/mol. The molecule has 37 heavy (non-hydrogen) atoms. The maximum atomic E-state index is 6.16. The fourth-order valence-corrected chi connectivity index (χ4v) is 6.53. The molecule has 0 unspecified atom stereocenters. The minimum Gasteiger partial charge on any atom is -0.365 e. The molecule has 1 saturated heterocycles. The fraction of sp³-hybridized carbons (Fsp3) is 0.821. The van der Waals surface area contributed by atoms with Crippen LogP contribution >= 0.6 is 0 Å². The summed E-state index contributed by atoms with van der Waals surface area (Å²) in [5, 5.41) is 7.46. The zero-order valence-electron chi connectivity index (χ0n) is 23.2. The third kappa shape index (κ3) is 6.73. The second kappa shape index (κ2) is 12.7. The quantitative estimate of drug-likeness (QED) is 0.412. The van der Waals surface area contributed by atoms with Gasteiger partial charge in [0, 0.05) is 37.3 Å². The van der Waals surface area contributed by atoms with Crippen LogP contribution in [-0.4, -0.2) is 86.7 Å². The molecule has 0 spiro atoms. The number of nitrogens with two attached hydrogens (primary N) is 1. The van der Waals surface area contributed by atoms with Crippen LogP contribution in [0.4, 0.5) is 11.8 Å². The Bertz CT molecular complexity index is 965. The van der Waals surface area contributed by atoms with Crippen LogP contribution in [-0.2, 0) is 0 Å². The number of nitrogens with one attached hydrogen (secondary N) is 2. The predicted octanol–water partition coefficient (Wildman–Crippen LogP) is 4.23. The number of likely N-dealkylation sites (tertiary alicyclic amines) is 1. The third-order valence-electron chi connectivity index (χ3n) is 9.02. The molecule has 206 valence electrons. The van der Waals surface area contributed by atoms with Crippen LogP contribution < -0.4 is 16.4 Å². The van der Waals surface area contributed by atoms with Gasteiger partial charge in [-0.05, 0) is 84.0 Å². The van der Waals surface area contributed by atoms with Crippen molar-refractivity contribution in [3.05, 3.63) is 6.33 Å². The SMILES string of the molecule is CCN(CC)CCCN1CCC(Nc2nc(NC3CCC(N)CC3)c3ncn(C4CCCC4)c3n2)CC1. The van der Waals surface area contributed by atoms with Gasteiger partial charge in [0.15, 0.2) is 17.0 Å². The first-order valence-electron chi connectivity index (χ1n) is 15.1. The standard InChI is InChI=1S/C28H49N9/c1-3-35(4-2)16-7-17-36-18-14-23(15-19-36)32-28-33-26(31-22-12-10-21(29)11-13-22)25-27(34-28)37(20-30-25)24-8-5-6-9-24/h20-24H,3-19,29H2,1-2H3,(H2,31,32,33,34). The van der Waals surface area contributed by atoms with E-state index in [-0.39, 0.29) is 0 Å². The second-order valence-corrected chi connectivity index (χ2v) is 11.6. The summed E-state index contributed by atoms with van der Waals surface area (Å²) in [6.07, 6.45) is 14.9. The van der Waals surface area contributed by atoms with Crippen LogP contribution in [0, 0.1) is 0 Å². The van der Waals surface area contributed by atoms with E-state index >= 15 is 0 Å². The Balaban J connectivity index is 1.25. The van der Waals surface area contributed by atoms with Crippen molar-refractivity contribution in [2.75, 3.05) is 49.9 Å². The Morgan fingerprint density at radius 2 is 1.62 bits per heavy atom. The number of anilines is 2. The number of hydrogen-bond donors (Lipinski definition) is 3. The van der Waals surface area contributed by atoms with Crippen molar-refractivity contribution >= 4 is 22.9 Å². The summed E-state index contributed by atoms with van der Waals surface area (Å²) in [4.78, 5) is 20.0. The number of fused-ring (bicyclic) bond motifs is 1. The Morgan fingerprint density at radius 3 is 2.32 bits per heavy atom. The summed E-state index contributed by atoms with van der Waals surface area (Å²) in [5.74, 6) is 1.64. The van der Waals surface area contributed by atoms with Crippen LogP contribution in [0.15, 0.2) is 6.33 Å². The number of rotatable bonds is 11. The molecule has 0 atom stereocenters. The van der Waals surface area contributed by atoms with Crippen molar-refractivity contribution in [3.63, 3.8) is 0 Å². The molecule has 3 aliphatic rings.